The van der Waals surface area contributed by atoms with Crippen LogP contribution in [0, 0.1) is 15.9 Å². The number of nitrogens with zero attached hydrogens (tertiary/aromatic N) is 1. The number of rotatable bonds is 5. The summed E-state index contributed by atoms with van der Waals surface area (Å²) in [6.07, 6.45) is 0.158. The third kappa shape index (κ3) is 3.90. The Bertz CT molecular complexity index is 549. The molecule has 2 amide bonds. The number of nitro groups is 1. The van der Waals surface area contributed by atoms with Gasteiger partial charge in [-0.15, -0.1) is 0 Å². The van der Waals surface area contributed by atoms with Gasteiger partial charge in [-0.1, -0.05) is 6.92 Å². The van der Waals surface area contributed by atoms with Gasteiger partial charge < -0.3 is 15.7 Å². The Balaban J connectivity index is 2.76. The summed E-state index contributed by atoms with van der Waals surface area (Å²) in [5.41, 5.74) is -0.737. The lowest BCUT2D eigenvalue weighted by atomic mass is 10.2. The van der Waals surface area contributed by atoms with Gasteiger partial charge in [0.15, 0.2) is 5.82 Å². The van der Waals surface area contributed by atoms with Gasteiger partial charge >= 0.3 is 12.0 Å². The maximum Gasteiger partial charge on any atom is 0.326 e. The molecule has 0 saturated heterocycles. The maximum absolute atomic E-state index is 13.5. The Hall–Kier alpha value is -2.71. The molecule has 0 aromatic heterocycles. The summed E-state index contributed by atoms with van der Waals surface area (Å²) in [5, 5.41) is 23.4. The van der Waals surface area contributed by atoms with Crippen LogP contribution in [0.5, 0.6) is 0 Å². The molecule has 3 N–H and O–H groups in total. The molecule has 0 spiro atoms. The smallest absolute Gasteiger partial charge is 0.326 e. The lowest BCUT2D eigenvalue weighted by Gasteiger charge is -2.13. The monoisotopic (exact) mass is 285 g/mol. The average molecular weight is 285 g/mol. The fourth-order valence-corrected chi connectivity index (χ4v) is 1.37. The van der Waals surface area contributed by atoms with Crippen molar-refractivity contribution in [1.29, 1.82) is 0 Å². The van der Waals surface area contributed by atoms with Crippen molar-refractivity contribution in [1.82, 2.24) is 5.32 Å². The summed E-state index contributed by atoms with van der Waals surface area (Å²) < 4.78 is 13.5. The molecule has 1 rings (SSSR count). The van der Waals surface area contributed by atoms with Crippen molar-refractivity contribution >= 4 is 23.4 Å². The quantitative estimate of drug-likeness (QED) is 0.561. The fraction of sp³-hybridized carbons (Fsp3) is 0.273. The standard InChI is InChI=1S/C11H12FN3O5/c1-2-8(10(16)17)13-11(18)14-9-4-3-6(15(19)20)5-7(9)12/h3-5,8H,2H2,1H3,(H,16,17)(H2,13,14,18)/t8-/m1/s1. The van der Waals surface area contributed by atoms with E-state index in [-0.39, 0.29) is 12.1 Å². The third-order valence-corrected chi connectivity index (χ3v) is 2.42. The van der Waals surface area contributed by atoms with Crippen LogP contribution in [0.2, 0.25) is 0 Å². The first-order valence-electron chi connectivity index (χ1n) is 5.59. The van der Waals surface area contributed by atoms with Gasteiger partial charge in [-0.05, 0) is 12.5 Å². The molecule has 9 heteroatoms. The van der Waals surface area contributed by atoms with E-state index in [4.69, 9.17) is 5.11 Å². The first-order chi connectivity index (χ1) is 9.35. The number of hydrogen-bond acceptors (Lipinski definition) is 4. The van der Waals surface area contributed by atoms with E-state index in [0.29, 0.717) is 6.07 Å². The van der Waals surface area contributed by atoms with Gasteiger partial charge in [0.1, 0.15) is 6.04 Å². The minimum absolute atomic E-state index is 0.158. The largest absolute Gasteiger partial charge is 0.480 e. The van der Waals surface area contributed by atoms with Crippen molar-refractivity contribution in [3.63, 3.8) is 0 Å². The van der Waals surface area contributed by atoms with Gasteiger partial charge in [0.05, 0.1) is 16.7 Å². The number of amides is 2. The van der Waals surface area contributed by atoms with Gasteiger partial charge in [0.2, 0.25) is 0 Å². The molecule has 0 aliphatic rings. The van der Waals surface area contributed by atoms with Crippen LogP contribution in [0.15, 0.2) is 18.2 Å². The molecule has 1 aromatic carbocycles. The van der Waals surface area contributed by atoms with E-state index in [2.05, 4.69) is 10.6 Å². The highest BCUT2D eigenvalue weighted by Gasteiger charge is 2.18. The van der Waals surface area contributed by atoms with Crippen molar-refractivity contribution in [3.05, 3.63) is 34.1 Å². The summed E-state index contributed by atoms with van der Waals surface area (Å²) in [6, 6.07) is 0.689. The molecule has 1 atom stereocenters. The Kier molecular flexibility index (Phi) is 4.95. The number of nitro benzene ring substituents is 1. The average Bonchev–Trinajstić information content (AvgIpc) is 2.37. The number of carboxylic acid groups (broad SMARTS) is 1. The number of carbonyl (C=O) groups is 2. The molecule has 108 valence electrons. The predicted octanol–water partition coefficient (Wildman–Crippen LogP) is 1.72. The number of halogens is 1. The van der Waals surface area contributed by atoms with Gasteiger partial charge in [0, 0.05) is 6.07 Å². The highest BCUT2D eigenvalue weighted by atomic mass is 19.1. The minimum atomic E-state index is -1.22. The summed E-state index contributed by atoms with van der Waals surface area (Å²) in [7, 11) is 0. The molecule has 8 nitrogen and oxygen atoms in total. The van der Waals surface area contributed by atoms with E-state index >= 15 is 0 Å². The van der Waals surface area contributed by atoms with Crippen LogP contribution < -0.4 is 10.6 Å². The number of benzene rings is 1. The zero-order valence-corrected chi connectivity index (χ0v) is 10.4. The summed E-state index contributed by atoms with van der Waals surface area (Å²) in [6.45, 7) is 1.56. The zero-order valence-electron chi connectivity index (χ0n) is 10.4. The summed E-state index contributed by atoms with van der Waals surface area (Å²) in [4.78, 5) is 31.8. The predicted molar refractivity (Wildman–Crippen MR) is 66.9 cm³/mol. The van der Waals surface area contributed by atoms with Crippen molar-refractivity contribution in [2.45, 2.75) is 19.4 Å². The molecule has 0 fully saturated rings. The van der Waals surface area contributed by atoms with Gasteiger partial charge in [-0.25, -0.2) is 14.0 Å². The molecule has 0 radical (unpaired) electrons. The highest BCUT2D eigenvalue weighted by molar-refractivity contribution is 5.92. The Morgan fingerprint density at radius 2 is 2.15 bits per heavy atom. The van der Waals surface area contributed by atoms with E-state index in [0.717, 1.165) is 12.1 Å². The Labute approximate surface area is 112 Å². The Morgan fingerprint density at radius 3 is 2.60 bits per heavy atom. The van der Waals surface area contributed by atoms with Crippen LogP contribution in [-0.4, -0.2) is 28.1 Å². The number of hydrogen-bond donors (Lipinski definition) is 3. The van der Waals surface area contributed by atoms with E-state index in [1.54, 1.807) is 6.92 Å². The molecule has 0 heterocycles. The van der Waals surface area contributed by atoms with Crippen LogP contribution >= 0.6 is 0 Å². The lowest BCUT2D eigenvalue weighted by Crippen LogP contribution is -2.42. The second-order valence-electron chi connectivity index (χ2n) is 3.82. The number of nitrogens with one attached hydrogen (secondary N) is 2. The van der Waals surface area contributed by atoms with Crippen LogP contribution in [-0.2, 0) is 4.79 Å². The summed E-state index contributed by atoms with van der Waals surface area (Å²) in [5.74, 6) is -2.20. The molecular formula is C11H12FN3O5. The molecule has 0 bridgehead atoms. The molecule has 0 saturated carbocycles. The first kappa shape index (κ1) is 15.3. The van der Waals surface area contributed by atoms with Gasteiger partial charge in [-0.3, -0.25) is 10.1 Å². The van der Waals surface area contributed by atoms with E-state index in [9.17, 15) is 24.1 Å². The molecular weight excluding hydrogens is 273 g/mol. The van der Waals surface area contributed by atoms with Crippen LogP contribution in [0.3, 0.4) is 0 Å². The van der Waals surface area contributed by atoms with Crippen molar-refractivity contribution in [3.8, 4) is 0 Å². The highest BCUT2D eigenvalue weighted by Crippen LogP contribution is 2.20. The van der Waals surface area contributed by atoms with Gasteiger partial charge in [0.25, 0.3) is 5.69 Å². The SMILES string of the molecule is CC[C@@H](NC(=O)Nc1ccc([N+](=O)[O-])cc1F)C(=O)O. The topological polar surface area (TPSA) is 122 Å². The molecule has 0 aliphatic carbocycles. The fourth-order valence-electron chi connectivity index (χ4n) is 1.37. The zero-order chi connectivity index (χ0) is 15.3. The summed E-state index contributed by atoms with van der Waals surface area (Å²) >= 11 is 0. The number of urea groups is 1. The maximum atomic E-state index is 13.5. The number of anilines is 1. The molecule has 0 aliphatic heterocycles. The van der Waals surface area contributed by atoms with Gasteiger partial charge in [-0.2, -0.15) is 0 Å². The molecule has 1 aromatic rings. The second-order valence-corrected chi connectivity index (χ2v) is 3.82. The number of aliphatic carboxylic acids is 1. The van der Waals surface area contributed by atoms with Crippen molar-refractivity contribution < 1.29 is 24.0 Å². The van der Waals surface area contributed by atoms with E-state index in [1.807, 2.05) is 0 Å². The normalized spacial score (nSPS) is 11.5. The van der Waals surface area contributed by atoms with Crippen molar-refractivity contribution in [2.24, 2.45) is 0 Å². The van der Waals surface area contributed by atoms with E-state index in [1.165, 1.54) is 0 Å². The molecule has 0 unspecified atom stereocenters. The molecule has 20 heavy (non-hydrogen) atoms. The lowest BCUT2D eigenvalue weighted by molar-refractivity contribution is -0.385. The number of carboxylic acids is 1. The third-order valence-electron chi connectivity index (χ3n) is 2.42. The second kappa shape index (κ2) is 6.45. The van der Waals surface area contributed by atoms with Crippen LogP contribution in [0.4, 0.5) is 20.6 Å². The van der Waals surface area contributed by atoms with Crippen LogP contribution in [0.25, 0.3) is 0 Å². The van der Waals surface area contributed by atoms with Crippen LogP contribution in [0.1, 0.15) is 13.3 Å². The van der Waals surface area contributed by atoms with Crippen molar-refractivity contribution in [2.75, 3.05) is 5.32 Å². The van der Waals surface area contributed by atoms with E-state index < -0.39 is 34.5 Å². The number of carbonyl (C=O) groups excluding carboxylic acids is 1. The minimum Gasteiger partial charge on any atom is -0.480 e. The number of non-ortho nitro benzene ring substituents is 1. The first-order valence-corrected chi connectivity index (χ1v) is 5.59. The Morgan fingerprint density at radius 1 is 1.50 bits per heavy atom.